The van der Waals surface area contributed by atoms with Crippen molar-refractivity contribution in [3.63, 3.8) is 0 Å². The Hall–Kier alpha value is -3.15. The third kappa shape index (κ3) is 47.9. The van der Waals surface area contributed by atoms with E-state index in [0.717, 1.165) is 122 Å². The van der Waals surface area contributed by atoms with Crippen molar-refractivity contribution in [2.24, 2.45) is 0 Å². The number of carbonyl (C=O) groups is 3. The van der Waals surface area contributed by atoms with Crippen LogP contribution in [0.25, 0.3) is 0 Å². The van der Waals surface area contributed by atoms with E-state index in [0.29, 0.717) is 19.3 Å². The first kappa shape index (κ1) is 58.9. The number of hydrogen-bond acceptors (Lipinski definition) is 6. The maximum atomic E-state index is 12.8. The zero-order valence-corrected chi connectivity index (χ0v) is 40.6. The topological polar surface area (TPSA) is 78.9 Å². The molecule has 1 unspecified atom stereocenters. The minimum Gasteiger partial charge on any atom is -0.462 e. The van der Waals surface area contributed by atoms with Crippen molar-refractivity contribution in [3.05, 3.63) is 72.9 Å². The van der Waals surface area contributed by atoms with E-state index >= 15 is 0 Å². The molecule has 0 aliphatic heterocycles. The molecule has 0 aromatic carbocycles. The number of carbonyl (C=O) groups excluding carboxylic acids is 3. The molecule has 356 valence electrons. The Kier molecular flexibility index (Phi) is 47.9. The Morgan fingerprint density at radius 2 is 0.661 bits per heavy atom. The Morgan fingerprint density at radius 3 is 1.06 bits per heavy atom. The van der Waals surface area contributed by atoms with Gasteiger partial charge in [0, 0.05) is 19.3 Å². The highest BCUT2D eigenvalue weighted by atomic mass is 16.6. The van der Waals surface area contributed by atoms with Gasteiger partial charge in [0.05, 0.1) is 0 Å². The van der Waals surface area contributed by atoms with Crippen molar-refractivity contribution in [3.8, 4) is 0 Å². The summed E-state index contributed by atoms with van der Waals surface area (Å²) in [4.78, 5) is 37.9. The van der Waals surface area contributed by atoms with Gasteiger partial charge in [-0.3, -0.25) is 14.4 Å². The van der Waals surface area contributed by atoms with Gasteiger partial charge in [0.25, 0.3) is 0 Å². The quantitative estimate of drug-likeness (QED) is 0.0262. The van der Waals surface area contributed by atoms with E-state index in [1.54, 1.807) is 0 Å². The Labute approximate surface area is 382 Å². The third-order valence-corrected chi connectivity index (χ3v) is 10.9. The van der Waals surface area contributed by atoms with Crippen molar-refractivity contribution < 1.29 is 28.6 Å². The molecule has 0 rings (SSSR count). The molecule has 0 aliphatic rings. The summed E-state index contributed by atoms with van der Waals surface area (Å²) < 4.78 is 16.8. The van der Waals surface area contributed by atoms with E-state index in [1.807, 2.05) is 0 Å². The van der Waals surface area contributed by atoms with Gasteiger partial charge in [-0.25, -0.2) is 0 Å². The van der Waals surface area contributed by atoms with Gasteiger partial charge >= 0.3 is 17.9 Å². The van der Waals surface area contributed by atoms with Crippen molar-refractivity contribution in [2.45, 2.75) is 252 Å². The molecule has 0 aliphatic carbocycles. The molecule has 0 N–H and O–H groups in total. The lowest BCUT2D eigenvalue weighted by atomic mass is 10.0. The van der Waals surface area contributed by atoms with E-state index in [4.69, 9.17) is 14.2 Å². The van der Waals surface area contributed by atoms with Gasteiger partial charge in [0.15, 0.2) is 6.10 Å². The number of allylic oxidation sites excluding steroid dienone is 12. The smallest absolute Gasteiger partial charge is 0.306 e. The van der Waals surface area contributed by atoms with E-state index in [9.17, 15) is 14.4 Å². The van der Waals surface area contributed by atoms with Crippen LogP contribution in [0.4, 0.5) is 0 Å². The molecule has 0 amide bonds. The maximum absolute atomic E-state index is 12.8. The summed E-state index contributed by atoms with van der Waals surface area (Å²) >= 11 is 0. The summed E-state index contributed by atoms with van der Waals surface area (Å²) in [6, 6.07) is 0. The van der Waals surface area contributed by atoms with Crippen LogP contribution in [0.3, 0.4) is 0 Å². The van der Waals surface area contributed by atoms with Crippen molar-refractivity contribution >= 4 is 17.9 Å². The number of unbranched alkanes of at least 4 members (excludes halogenated alkanes) is 23. The van der Waals surface area contributed by atoms with Crippen LogP contribution < -0.4 is 0 Å². The van der Waals surface area contributed by atoms with Crippen LogP contribution in [0, 0.1) is 0 Å². The first-order valence-corrected chi connectivity index (χ1v) is 25.9. The zero-order chi connectivity index (χ0) is 45.1. The molecule has 6 heteroatoms. The van der Waals surface area contributed by atoms with Gasteiger partial charge in [0.1, 0.15) is 13.2 Å². The molecule has 0 saturated carbocycles. The first-order chi connectivity index (χ1) is 30.5. The molecule has 62 heavy (non-hydrogen) atoms. The molecule has 0 heterocycles. The largest absolute Gasteiger partial charge is 0.462 e. The highest BCUT2D eigenvalue weighted by molar-refractivity contribution is 5.71. The lowest BCUT2D eigenvalue weighted by Crippen LogP contribution is -2.30. The average Bonchev–Trinajstić information content (AvgIpc) is 3.27. The molecule has 0 aromatic rings. The van der Waals surface area contributed by atoms with Crippen LogP contribution in [0.2, 0.25) is 0 Å². The average molecular weight is 865 g/mol. The highest BCUT2D eigenvalue weighted by Crippen LogP contribution is 2.15. The van der Waals surface area contributed by atoms with E-state index in [1.165, 1.54) is 83.5 Å². The molecule has 0 spiro atoms. The molecule has 0 bridgehead atoms. The Balaban J connectivity index is 4.35. The second-order valence-electron chi connectivity index (χ2n) is 17.1. The molecule has 0 fully saturated rings. The normalized spacial score (nSPS) is 12.6. The van der Waals surface area contributed by atoms with Crippen LogP contribution in [-0.2, 0) is 28.6 Å². The molecular weight excluding hydrogens is 769 g/mol. The van der Waals surface area contributed by atoms with Gasteiger partial charge in [0.2, 0.25) is 0 Å². The molecule has 1 atom stereocenters. The summed E-state index contributed by atoms with van der Waals surface area (Å²) in [6.07, 6.45) is 63.1. The Bertz CT molecular complexity index is 1180. The van der Waals surface area contributed by atoms with Crippen LogP contribution >= 0.6 is 0 Å². The van der Waals surface area contributed by atoms with E-state index < -0.39 is 6.10 Å². The van der Waals surface area contributed by atoms with Gasteiger partial charge in [-0.2, -0.15) is 0 Å². The number of hydrogen-bond donors (Lipinski definition) is 0. The second-order valence-corrected chi connectivity index (χ2v) is 17.1. The SMILES string of the molecule is CC/C=C\C/C=C\C/C=C\C/C=C\C/C=C\CCCCCCCC(=O)OCC(COC(=O)CCCCCCC/C=C\CCC)OC(=O)CCCCCCCCCCCCCCC. The first-order valence-electron chi connectivity index (χ1n) is 25.9. The molecule has 0 aromatic heterocycles. The van der Waals surface area contributed by atoms with E-state index in [-0.39, 0.29) is 31.1 Å². The van der Waals surface area contributed by atoms with Gasteiger partial charge in [-0.05, 0) is 83.5 Å². The van der Waals surface area contributed by atoms with Crippen LogP contribution in [0.15, 0.2) is 72.9 Å². The lowest BCUT2D eigenvalue weighted by molar-refractivity contribution is -0.167. The van der Waals surface area contributed by atoms with Crippen molar-refractivity contribution in [1.82, 2.24) is 0 Å². The fourth-order valence-corrected chi connectivity index (χ4v) is 7.06. The summed E-state index contributed by atoms with van der Waals surface area (Å²) in [7, 11) is 0. The van der Waals surface area contributed by atoms with Gasteiger partial charge in [-0.1, -0.05) is 216 Å². The van der Waals surface area contributed by atoms with Crippen LogP contribution in [-0.4, -0.2) is 37.2 Å². The van der Waals surface area contributed by atoms with Gasteiger partial charge < -0.3 is 14.2 Å². The van der Waals surface area contributed by atoms with E-state index in [2.05, 4.69) is 93.7 Å². The van der Waals surface area contributed by atoms with Crippen LogP contribution in [0.1, 0.15) is 245 Å². The maximum Gasteiger partial charge on any atom is 0.306 e. The number of ether oxygens (including phenoxy) is 3. The highest BCUT2D eigenvalue weighted by Gasteiger charge is 2.19. The summed E-state index contributed by atoms with van der Waals surface area (Å²) in [5.74, 6) is -0.912. The standard InChI is InChI=1S/C56H96O6/c1-4-7-10-13-16-19-22-24-25-26-27-28-29-30-31-33-34-37-40-43-46-49-55(58)61-52-53(51-60-54(57)48-45-42-39-36-21-18-15-12-9-6-3)62-56(59)50-47-44-41-38-35-32-23-20-17-14-11-8-5-2/h7,10,12,15-16,19,24-25,27-28,30-31,53H,4-6,8-9,11,13-14,17-18,20-23,26,29,32-52H2,1-3H3/b10-7-,15-12-,19-16-,25-24-,28-27-,31-30-. The zero-order valence-electron chi connectivity index (χ0n) is 40.6. The fraction of sp³-hybridized carbons (Fsp3) is 0.732. The third-order valence-electron chi connectivity index (χ3n) is 10.9. The summed E-state index contributed by atoms with van der Waals surface area (Å²) in [6.45, 7) is 6.44. The molecule has 6 nitrogen and oxygen atoms in total. The van der Waals surface area contributed by atoms with Crippen molar-refractivity contribution in [2.75, 3.05) is 13.2 Å². The monoisotopic (exact) mass is 865 g/mol. The fourth-order valence-electron chi connectivity index (χ4n) is 7.06. The Morgan fingerprint density at radius 1 is 0.339 bits per heavy atom. The summed E-state index contributed by atoms with van der Waals surface area (Å²) in [5, 5.41) is 0. The van der Waals surface area contributed by atoms with Gasteiger partial charge in [-0.15, -0.1) is 0 Å². The lowest BCUT2D eigenvalue weighted by Gasteiger charge is -2.18. The predicted octanol–water partition coefficient (Wildman–Crippen LogP) is 17.0. The summed E-state index contributed by atoms with van der Waals surface area (Å²) in [5.41, 5.74) is 0. The molecular formula is C56H96O6. The van der Waals surface area contributed by atoms with Crippen molar-refractivity contribution in [1.29, 1.82) is 0 Å². The minimum absolute atomic E-state index is 0.0849. The molecule has 0 radical (unpaired) electrons. The second kappa shape index (κ2) is 50.5. The predicted molar refractivity (Wildman–Crippen MR) is 265 cm³/mol. The number of rotatable bonds is 46. The minimum atomic E-state index is -0.783. The van der Waals surface area contributed by atoms with Crippen LogP contribution in [0.5, 0.6) is 0 Å². The molecule has 0 saturated heterocycles. The number of esters is 3.